The molecule has 1 aliphatic rings. The predicted octanol–water partition coefficient (Wildman–Crippen LogP) is 3.24. The summed E-state index contributed by atoms with van der Waals surface area (Å²) in [5.74, 6) is 0.918. The van der Waals surface area contributed by atoms with Gasteiger partial charge >= 0.3 is 5.69 Å². The number of H-pyrrole nitrogens is 2. The second kappa shape index (κ2) is 5.11. The van der Waals surface area contributed by atoms with Crippen LogP contribution >= 0.6 is 0 Å². The quantitative estimate of drug-likeness (QED) is 0.792. The molecule has 0 atom stereocenters. The minimum atomic E-state index is -0.143. The van der Waals surface area contributed by atoms with Gasteiger partial charge in [0.25, 0.3) is 0 Å². The highest BCUT2D eigenvalue weighted by molar-refractivity contribution is 5.78. The Hall–Kier alpha value is -1.71. The molecule has 2 aromatic rings. The second-order valence-corrected chi connectivity index (χ2v) is 5.61. The van der Waals surface area contributed by atoms with Gasteiger partial charge in [-0.05, 0) is 49.8 Å². The lowest BCUT2D eigenvalue weighted by Crippen LogP contribution is -2.25. The zero-order chi connectivity index (χ0) is 13.2. The molecule has 1 fully saturated rings. The molecule has 0 aliphatic heterocycles. The largest absolute Gasteiger partial charge is 0.382 e. The molecule has 1 aromatic carbocycles. The fourth-order valence-corrected chi connectivity index (χ4v) is 3.07. The van der Waals surface area contributed by atoms with Crippen LogP contribution in [0.1, 0.15) is 39.0 Å². The molecule has 1 saturated carbocycles. The molecule has 1 heterocycles. The molecular formula is C15H21N3O. The molecule has 0 radical (unpaired) electrons. The van der Waals surface area contributed by atoms with Crippen LogP contribution in [0.15, 0.2) is 23.0 Å². The standard InChI is InChI=1S/C15H21N3O/c1-2-10-3-5-11(6-4-10)16-12-7-8-13-14(9-12)18-15(19)17-13/h7-11,16H,2-6H2,1H3,(H2,17,18,19). The van der Waals surface area contributed by atoms with Crippen molar-refractivity contribution in [2.24, 2.45) is 5.92 Å². The van der Waals surface area contributed by atoms with E-state index >= 15 is 0 Å². The molecule has 3 N–H and O–H groups in total. The zero-order valence-corrected chi connectivity index (χ0v) is 11.3. The summed E-state index contributed by atoms with van der Waals surface area (Å²) in [5.41, 5.74) is 2.70. The Labute approximate surface area is 112 Å². The van der Waals surface area contributed by atoms with Gasteiger partial charge in [-0.15, -0.1) is 0 Å². The number of benzene rings is 1. The van der Waals surface area contributed by atoms with E-state index in [2.05, 4.69) is 22.2 Å². The number of hydrogen-bond donors (Lipinski definition) is 3. The van der Waals surface area contributed by atoms with Crippen LogP contribution < -0.4 is 11.0 Å². The second-order valence-electron chi connectivity index (χ2n) is 5.61. The average molecular weight is 259 g/mol. The summed E-state index contributed by atoms with van der Waals surface area (Å²) < 4.78 is 0. The number of imidazole rings is 1. The summed E-state index contributed by atoms with van der Waals surface area (Å²) >= 11 is 0. The van der Waals surface area contributed by atoms with Gasteiger partial charge in [-0.3, -0.25) is 0 Å². The Kier molecular flexibility index (Phi) is 3.32. The predicted molar refractivity (Wildman–Crippen MR) is 78.6 cm³/mol. The third kappa shape index (κ3) is 2.67. The molecule has 1 aliphatic carbocycles. The number of fused-ring (bicyclic) bond motifs is 1. The Morgan fingerprint density at radius 1 is 1.16 bits per heavy atom. The van der Waals surface area contributed by atoms with Crippen molar-refractivity contribution in [3.63, 3.8) is 0 Å². The van der Waals surface area contributed by atoms with Crippen LogP contribution in [0.5, 0.6) is 0 Å². The van der Waals surface area contributed by atoms with Gasteiger partial charge in [-0.25, -0.2) is 4.79 Å². The van der Waals surface area contributed by atoms with Crippen LogP contribution in [0.2, 0.25) is 0 Å². The Bertz CT molecular complexity index is 605. The van der Waals surface area contributed by atoms with Crippen molar-refractivity contribution >= 4 is 16.7 Å². The van der Waals surface area contributed by atoms with E-state index in [0.717, 1.165) is 22.6 Å². The summed E-state index contributed by atoms with van der Waals surface area (Å²) in [4.78, 5) is 16.8. The van der Waals surface area contributed by atoms with Crippen molar-refractivity contribution in [1.29, 1.82) is 0 Å². The normalized spacial score (nSPS) is 23.6. The number of anilines is 1. The number of hydrogen-bond acceptors (Lipinski definition) is 2. The first-order valence-electron chi connectivity index (χ1n) is 7.23. The van der Waals surface area contributed by atoms with Gasteiger partial charge in [0, 0.05) is 11.7 Å². The highest BCUT2D eigenvalue weighted by Crippen LogP contribution is 2.28. The smallest absolute Gasteiger partial charge is 0.323 e. The summed E-state index contributed by atoms with van der Waals surface area (Å²) in [7, 11) is 0. The minimum Gasteiger partial charge on any atom is -0.382 e. The van der Waals surface area contributed by atoms with E-state index in [-0.39, 0.29) is 5.69 Å². The molecule has 1 aromatic heterocycles. The maximum Gasteiger partial charge on any atom is 0.323 e. The van der Waals surface area contributed by atoms with Crippen LogP contribution in [0.3, 0.4) is 0 Å². The maximum atomic E-state index is 11.2. The van der Waals surface area contributed by atoms with Crippen molar-refractivity contribution < 1.29 is 0 Å². The number of aromatic nitrogens is 2. The van der Waals surface area contributed by atoms with E-state index in [0.29, 0.717) is 6.04 Å². The molecule has 0 saturated heterocycles. The SMILES string of the molecule is CCC1CCC(Nc2ccc3[nH]c(=O)[nH]c3c2)CC1. The first kappa shape index (κ1) is 12.3. The molecule has 4 heteroatoms. The lowest BCUT2D eigenvalue weighted by atomic mass is 9.84. The van der Waals surface area contributed by atoms with Crippen molar-refractivity contribution in [2.75, 3.05) is 5.32 Å². The Morgan fingerprint density at radius 2 is 1.89 bits per heavy atom. The maximum absolute atomic E-state index is 11.2. The third-order valence-electron chi connectivity index (χ3n) is 4.31. The number of rotatable bonds is 3. The van der Waals surface area contributed by atoms with Gasteiger partial charge in [0.15, 0.2) is 0 Å². The topological polar surface area (TPSA) is 60.7 Å². The summed E-state index contributed by atoms with van der Waals surface area (Å²) in [5, 5.41) is 3.59. The Morgan fingerprint density at radius 3 is 2.63 bits per heavy atom. The van der Waals surface area contributed by atoms with Crippen molar-refractivity contribution in [3.05, 3.63) is 28.7 Å². The van der Waals surface area contributed by atoms with Crippen LogP contribution in [-0.2, 0) is 0 Å². The van der Waals surface area contributed by atoms with Crippen LogP contribution in [0.25, 0.3) is 11.0 Å². The Balaban J connectivity index is 1.69. The minimum absolute atomic E-state index is 0.143. The van der Waals surface area contributed by atoms with Crippen molar-refractivity contribution in [2.45, 2.75) is 45.1 Å². The molecule has 4 nitrogen and oxygen atoms in total. The first-order chi connectivity index (χ1) is 9.24. The lowest BCUT2D eigenvalue weighted by Gasteiger charge is -2.29. The lowest BCUT2D eigenvalue weighted by molar-refractivity contribution is 0.330. The molecule has 0 unspecified atom stereocenters. The van der Waals surface area contributed by atoms with E-state index in [4.69, 9.17) is 0 Å². The average Bonchev–Trinajstić information content (AvgIpc) is 2.79. The summed E-state index contributed by atoms with van der Waals surface area (Å²) in [6, 6.07) is 6.58. The fraction of sp³-hybridized carbons (Fsp3) is 0.533. The van der Waals surface area contributed by atoms with Gasteiger partial charge in [-0.2, -0.15) is 0 Å². The molecule has 19 heavy (non-hydrogen) atoms. The van der Waals surface area contributed by atoms with Crippen LogP contribution in [0, 0.1) is 5.92 Å². The summed E-state index contributed by atoms with van der Waals surface area (Å²) in [6.45, 7) is 2.29. The molecule has 102 valence electrons. The molecule has 3 rings (SSSR count). The number of aromatic amines is 2. The molecule has 0 spiro atoms. The monoisotopic (exact) mass is 259 g/mol. The van der Waals surface area contributed by atoms with Crippen LogP contribution in [0.4, 0.5) is 5.69 Å². The van der Waals surface area contributed by atoms with E-state index in [1.807, 2.05) is 18.2 Å². The van der Waals surface area contributed by atoms with Gasteiger partial charge in [-0.1, -0.05) is 13.3 Å². The molecular weight excluding hydrogens is 238 g/mol. The van der Waals surface area contributed by atoms with E-state index in [1.165, 1.54) is 32.1 Å². The fourth-order valence-electron chi connectivity index (χ4n) is 3.07. The van der Waals surface area contributed by atoms with Gasteiger partial charge < -0.3 is 15.3 Å². The van der Waals surface area contributed by atoms with Crippen molar-refractivity contribution in [1.82, 2.24) is 9.97 Å². The zero-order valence-electron chi connectivity index (χ0n) is 11.3. The van der Waals surface area contributed by atoms with Crippen molar-refractivity contribution in [3.8, 4) is 0 Å². The highest BCUT2D eigenvalue weighted by atomic mass is 16.1. The van der Waals surface area contributed by atoms with E-state index < -0.39 is 0 Å². The first-order valence-corrected chi connectivity index (χ1v) is 7.23. The third-order valence-corrected chi connectivity index (χ3v) is 4.31. The van der Waals surface area contributed by atoms with Gasteiger partial charge in [0.2, 0.25) is 0 Å². The number of nitrogens with one attached hydrogen (secondary N) is 3. The van der Waals surface area contributed by atoms with E-state index in [1.54, 1.807) is 0 Å². The summed E-state index contributed by atoms with van der Waals surface area (Å²) in [6.07, 6.45) is 6.47. The highest BCUT2D eigenvalue weighted by Gasteiger charge is 2.19. The van der Waals surface area contributed by atoms with E-state index in [9.17, 15) is 4.79 Å². The molecule has 0 amide bonds. The van der Waals surface area contributed by atoms with Gasteiger partial charge in [0.1, 0.15) is 0 Å². The van der Waals surface area contributed by atoms with Crippen LogP contribution in [-0.4, -0.2) is 16.0 Å². The molecule has 0 bridgehead atoms. The van der Waals surface area contributed by atoms with Gasteiger partial charge in [0.05, 0.1) is 11.0 Å².